The van der Waals surface area contributed by atoms with Crippen molar-refractivity contribution in [1.29, 1.82) is 0 Å². The summed E-state index contributed by atoms with van der Waals surface area (Å²) in [6.45, 7) is 1.24. The molecule has 0 bridgehead atoms. The van der Waals surface area contributed by atoms with Gasteiger partial charge in [0, 0.05) is 38.5 Å². The standard InChI is InChI=1S/C26H30F3N3O2/c27-26(28,29)22-8-1-2-10-24(22)34-21-13-16-32(17-14-21)25(23-9-3-4-15-30-23)31-18-20(33)7-5-6-19-11-12-19/h1-4,8-10,15,19,21H,5-7,11-14,16-18H2. The normalized spacial score (nSPS) is 17.6. The third-order valence-electron chi connectivity index (χ3n) is 6.29. The molecule has 1 aromatic carbocycles. The summed E-state index contributed by atoms with van der Waals surface area (Å²) in [4.78, 5) is 23.5. The smallest absolute Gasteiger partial charge is 0.419 e. The number of alkyl halides is 3. The second-order valence-electron chi connectivity index (χ2n) is 9.03. The van der Waals surface area contributed by atoms with Gasteiger partial charge in [-0.25, -0.2) is 0 Å². The first-order valence-corrected chi connectivity index (χ1v) is 12.0. The van der Waals surface area contributed by atoms with Crippen LogP contribution in [0, 0.1) is 5.92 Å². The van der Waals surface area contributed by atoms with Crippen LogP contribution in [0.5, 0.6) is 5.75 Å². The van der Waals surface area contributed by atoms with Crippen molar-refractivity contribution in [2.75, 3.05) is 19.6 Å². The molecule has 0 atom stereocenters. The fourth-order valence-corrected chi connectivity index (χ4v) is 4.24. The highest BCUT2D eigenvalue weighted by Crippen LogP contribution is 2.37. The first-order valence-electron chi connectivity index (χ1n) is 12.0. The maximum Gasteiger partial charge on any atom is 0.419 e. The van der Waals surface area contributed by atoms with Crippen LogP contribution in [0.4, 0.5) is 13.2 Å². The molecule has 8 heteroatoms. The molecule has 0 spiro atoms. The SMILES string of the molecule is O=C(CCCC1CC1)CN=C(c1ccccn1)N1CCC(Oc2ccccc2C(F)(F)F)CC1. The lowest BCUT2D eigenvalue weighted by molar-refractivity contribution is -0.139. The van der Waals surface area contributed by atoms with Crippen LogP contribution in [0.3, 0.4) is 0 Å². The van der Waals surface area contributed by atoms with Crippen molar-refractivity contribution in [2.45, 2.75) is 57.2 Å². The van der Waals surface area contributed by atoms with Gasteiger partial charge in [0.15, 0.2) is 5.78 Å². The third kappa shape index (κ3) is 6.81. The van der Waals surface area contributed by atoms with Crippen LogP contribution in [0.25, 0.3) is 0 Å². The second-order valence-corrected chi connectivity index (χ2v) is 9.03. The van der Waals surface area contributed by atoms with Crippen LogP contribution in [0.15, 0.2) is 53.7 Å². The molecule has 1 aliphatic heterocycles. The number of amidine groups is 1. The molecule has 0 N–H and O–H groups in total. The van der Waals surface area contributed by atoms with Crippen molar-refractivity contribution in [3.8, 4) is 5.75 Å². The number of aromatic nitrogens is 1. The third-order valence-corrected chi connectivity index (χ3v) is 6.29. The van der Waals surface area contributed by atoms with Crippen LogP contribution >= 0.6 is 0 Å². The molecule has 2 heterocycles. The molecule has 0 amide bonds. The topological polar surface area (TPSA) is 54.8 Å². The molecule has 5 nitrogen and oxygen atoms in total. The average molecular weight is 474 g/mol. The Hall–Kier alpha value is -2.90. The Labute approximate surface area is 198 Å². The Morgan fingerprint density at radius 2 is 1.79 bits per heavy atom. The number of carbonyl (C=O) groups is 1. The molecule has 182 valence electrons. The lowest BCUT2D eigenvalue weighted by Crippen LogP contribution is -2.42. The molecule has 1 aromatic heterocycles. The summed E-state index contributed by atoms with van der Waals surface area (Å²) >= 11 is 0. The van der Waals surface area contributed by atoms with E-state index in [1.165, 1.54) is 25.0 Å². The summed E-state index contributed by atoms with van der Waals surface area (Å²) in [6, 6.07) is 10.9. The van der Waals surface area contributed by atoms with E-state index in [1.54, 1.807) is 12.3 Å². The number of Topliss-reactive ketones (excluding diaryl/α,β-unsaturated/α-hetero) is 1. The fraction of sp³-hybridized carbons (Fsp3) is 0.500. The second kappa shape index (κ2) is 11.0. The summed E-state index contributed by atoms with van der Waals surface area (Å²) in [5.74, 6) is 1.46. The highest BCUT2D eigenvalue weighted by Gasteiger charge is 2.35. The maximum atomic E-state index is 13.3. The van der Waals surface area contributed by atoms with Gasteiger partial charge in [-0.1, -0.05) is 37.5 Å². The molecule has 2 fully saturated rings. The molecular formula is C26H30F3N3O2. The van der Waals surface area contributed by atoms with Crippen LogP contribution in [-0.2, 0) is 11.0 Å². The van der Waals surface area contributed by atoms with Crippen LogP contribution in [-0.4, -0.2) is 47.2 Å². The molecule has 2 aliphatic rings. The van der Waals surface area contributed by atoms with E-state index in [4.69, 9.17) is 4.74 Å². The predicted molar refractivity (Wildman–Crippen MR) is 124 cm³/mol. The van der Waals surface area contributed by atoms with E-state index in [-0.39, 0.29) is 24.2 Å². The Morgan fingerprint density at radius 3 is 2.47 bits per heavy atom. The van der Waals surface area contributed by atoms with Gasteiger partial charge in [-0.05, 0) is 36.6 Å². The lowest BCUT2D eigenvalue weighted by Gasteiger charge is -2.34. The van der Waals surface area contributed by atoms with Crippen molar-refractivity contribution in [3.63, 3.8) is 0 Å². The number of carbonyl (C=O) groups excluding carboxylic acids is 1. The van der Waals surface area contributed by atoms with Crippen LogP contribution in [0.2, 0.25) is 0 Å². The Balaban J connectivity index is 1.37. The van der Waals surface area contributed by atoms with Gasteiger partial charge in [0.2, 0.25) is 0 Å². The number of para-hydroxylation sites is 1. The Morgan fingerprint density at radius 1 is 1.06 bits per heavy atom. The Bertz CT molecular complexity index is 982. The zero-order valence-corrected chi connectivity index (χ0v) is 19.1. The van der Waals surface area contributed by atoms with Crippen LogP contribution < -0.4 is 4.74 Å². The number of ether oxygens (including phenoxy) is 1. The van der Waals surface area contributed by atoms with Crippen molar-refractivity contribution < 1.29 is 22.7 Å². The van der Waals surface area contributed by atoms with Crippen molar-refractivity contribution >= 4 is 11.6 Å². The van der Waals surface area contributed by atoms with E-state index in [0.29, 0.717) is 43.9 Å². The number of rotatable bonds is 9. The molecule has 34 heavy (non-hydrogen) atoms. The zero-order chi connectivity index (χ0) is 24.0. The number of ketones is 1. The number of piperidine rings is 1. The van der Waals surface area contributed by atoms with Crippen molar-refractivity contribution in [1.82, 2.24) is 9.88 Å². The Kier molecular flexibility index (Phi) is 7.85. The minimum atomic E-state index is -4.46. The number of halogens is 3. The number of pyridine rings is 1. The summed E-state index contributed by atoms with van der Waals surface area (Å²) in [7, 11) is 0. The number of benzene rings is 1. The predicted octanol–water partition coefficient (Wildman–Crippen LogP) is 5.54. The minimum absolute atomic E-state index is 0.117. The first-order chi connectivity index (χ1) is 16.4. The van der Waals surface area contributed by atoms with E-state index >= 15 is 0 Å². The largest absolute Gasteiger partial charge is 0.490 e. The van der Waals surface area contributed by atoms with E-state index in [1.807, 2.05) is 18.2 Å². The summed E-state index contributed by atoms with van der Waals surface area (Å²) in [6.07, 6.45) is 3.16. The molecule has 1 saturated heterocycles. The number of hydrogen-bond donors (Lipinski definition) is 0. The highest BCUT2D eigenvalue weighted by atomic mass is 19.4. The molecule has 1 aliphatic carbocycles. The van der Waals surface area contributed by atoms with Gasteiger partial charge in [-0.2, -0.15) is 13.2 Å². The van der Waals surface area contributed by atoms with Gasteiger partial charge < -0.3 is 9.64 Å². The van der Waals surface area contributed by atoms with E-state index in [0.717, 1.165) is 24.8 Å². The van der Waals surface area contributed by atoms with Gasteiger partial charge in [-0.3, -0.25) is 14.8 Å². The van der Waals surface area contributed by atoms with E-state index < -0.39 is 11.7 Å². The summed E-state index contributed by atoms with van der Waals surface area (Å²) in [5.41, 5.74) is -0.0663. The fourth-order valence-electron chi connectivity index (χ4n) is 4.24. The van der Waals surface area contributed by atoms with E-state index in [9.17, 15) is 18.0 Å². The monoisotopic (exact) mass is 473 g/mol. The first kappa shape index (κ1) is 24.2. The number of hydrogen-bond acceptors (Lipinski definition) is 4. The highest BCUT2D eigenvalue weighted by molar-refractivity contribution is 5.98. The number of nitrogens with zero attached hydrogens (tertiary/aromatic N) is 3. The molecule has 1 saturated carbocycles. The zero-order valence-electron chi connectivity index (χ0n) is 19.1. The van der Waals surface area contributed by atoms with Gasteiger partial charge in [-0.15, -0.1) is 0 Å². The van der Waals surface area contributed by atoms with E-state index in [2.05, 4.69) is 14.9 Å². The van der Waals surface area contributed by atoms with Gasteiger partial charge in [0.1, 0.15) is 23.4 Å². The van der Waals surface area contributed by atoms with Gasteiger partial charge in [0.25, 0.3) is 0 Å². The molecule has 0 unspecified atom stereocenters. The number of aliphatic imine (C=N–C) groups is 1. The van der Waals surface area contributed by atoms with Crippen LogP contribution in [0.1, 0.15) is 56.2 Å². The maximum absolute atomic E-state index is 13.3. The van der Waals surface area contributed by atoms with Crippen molar-refractivity contribution in [2.24, 2.45) is 10.9 Å². The molecule has 4 rings (SSSR count). The summed E-state index contributed by atoms with van der Waals surface area (Å²) < 4.78 is 45.6. The van der Waals surface area contributed by atoms with Crippen molar-refractivity contribution in [3.05, 3.63) is 59.9 Å². The average Bonchev–Trinajstić information content (AvgIpc) is 3.65. The summed E-state index contributed by atoms with van der Waals surface area (Å²) in [5, 5.41) is 0. The van der Waals surface area contributed by atoms with Gasteiger partial charge >= 0.3 is 6.18 Å². The quantitative estimate of drug-likeness (QED) is 0.355. The molecular weight excluding hydrogens is 443 g/mol. The molecule has 0 radical (unpaired) electrons. The van der Waals surface area contributed by atoms with Gasteiger partial charge in [0.05, 0.1) is 12.1 Å². The lowest BCUT2D eigenvalue weighted by atomic mass is 10.1. The molecule has 2 aromatic rings. The number of likely N-dealkylation sites (tertiary alicyclic amines) is 1. The minimum Gasteiger partial charge on any atom is -0.490 e.